The molecule has 0 atom stereocenters. The Hall–Kier alpha value is -2.61. The van der Waals surface area contributed by atoms with Gasteiger partial charge in [0, 0.05) is 22.5 Å². The molecular formula is C17H12N2. The van der Waals surface area contributed by atoms with Crippen LogP contribution < -0.4 is 0 Å². The highest BCUT2D eigenvalue weighted by molar-refractivity contribution is 6.06. The maximum atomic E-state index is 8.41. The summed E-state index contributed by atoms with van der Waals surface area (Å²) in [7, 11) is 0. The summed E-state index contributed by atoms with van der Waals surface area (Å²) in [6, 6.07) is -2.65. The lowest BCUT2D eigenvalue weighted by Crippen LogP contribution is -1.77. The molecular weight excluding hydrogens is 232 g/mol. The van der Waals surface area contributed by atoms with Gasteiger partial charge in [-0.2, -0.15) is 0 Å². The molecule has 2 aromatic carbocycles. The van der Waals surface area contributed by atoms with E-state index in [-0.39, 0.29) is 51.2 Å². The van der Waals surface area contributed by atoms with Crippen LogP contribution in [0.25, 0.3) is 33.1 Å². The van der Waals surface area contributed by atoms with Gasteiger partial charge in [-0.25, -0.2) is 4.98 Å². The Labute approximate surface area is 124 Å². The standard InChI is InChI=1S/C17H12N2/c1-2-5-12(6-3-1)13-8-9-14-15-7-4-10-18-17(15)19-16(14)11-13/h1-11H,(H,18,19)/i1D,2D,3D,4D,5D,6D,7D,8D,9D,10D. The summed E-state index contributed by atoms with van der Waals surface area (Å²) in [5.41, 5.74) is 0.136. The fourth-order valence-corrected chi connectivity index (χ4v) is 1.95. The Morgan fingerprint density at radius 1 is 0.842 bits per heavy atom. The SMILES string of the molecule is [2H]c1nc2[nH]c3cc(-c4c([2H])c([2H])c([2H])c([2H])c4[2H])c([2H])c([2H])c3c2c([2H])c1[2H]. The van der Waals surface area contributed by atoms with Crippen molar-refractivity contribution in [1.82, 2.24) is 9.97 Å². The number of nitrogens with zero attached hydrogens (tertiary/aromatic N) is 1. The van der Waals surface area contributed by atoms with Gasteiger partial charge in [0.2, 0.25) is 0 Å². The summed E-state index contributed by atoms with van der Waals surface area (Å²) in [5.74, 6) is 0. The number of hydrogen-bond donors (Lipinski definition) is 1. The van der Waals surface area contributed by atoms with Crippen LogP contribution in [-0.4, -0.2) is 9.97 Å². The van der Waals surface area contributed by atoms with E-state index in [1.165, 1.54) is 6.07 Å². The van der Waals surface area contributed by atoms with E-state index in [2.05, 4.69) is 9.97 Å². The van der Waals surface area contributed by atoms with Crippen molar-refractivity contribution in [3.63, 3.8) is 0 Å². The number of fused-ring (bicyclic) bond motifs is 3. The molecule has 0 unspecified atom stereocenters. The quantitative estimate of drug-likeness (QED) is 0.536. The Morgan fingerprint density at radius 2 is 1.74 bits per heavy atom. The molecule has 0 radical (unpaired) electrons. The van der Waals surface area contributed by atoms with Gasteiger partial charge in [-0.15, -0.1) is 0 Å². The Morgan fingerprint density at radius 3 is 2.63 bits per heavy atom. The van der Waals surface area contributed by atoms with Gasteiger partial charge >= 0.3 is 0 Å². The van der Waals surface area contributed by atoms with Crippen molar-refractivity contribution >= 4 is 21.9 Å². The number of H-pyrrole nitrogens is 1. The molecule has 1 N–H and O–H groups in total. The van der Waals surface area contributed by atoms with Crippen LogP contribution in [0.5, 0.6) is 0 Å². The van der Waals surface area contributed by atoms with E-state index >= 15 is 0 Å². The number of hydrogen-bond acceptors (Lipinski definition) is 1. The predicted molar refractivity (Wildman–Crippen MR) is 79.0 cm³/mol. The molecule has 2 heterocycles. The minimum absolute atomic E-state index is 0.0326. The summed E-state index contributed by atoms with van der Waals surface area (Å²) < 4.78 is 80.0. The van der Waals surface area contributed by atoms with Crippen LogP contribution in [0.3, 0.4) is 0 Å². The van der Waals surface area contributed by atoms with Crippen molar-refractivity contribution in [1.29, 1.82) is 0 Å². The van der Waals surface area contributed by atoms with Gasteiger partial charge in [0.05, 0.1) is 13.7 Å². The van der Waals surface area contributed by atoms with E-state index in [0.717, 1.165) is 0 Å². The van der Waals surface area contributed by atoms with Gasteiger partial charge in [0.25, 0.3) is 0 Å². The zero-order valence-electron chi connectivity index (χ0n) is 19.5. The van der Waals surface area contributed by atoms with E-state index in [9.17, 15) is 0 Å². The van der Waals surface area contributed by atoms with E-state index in [0.29, 0.717) is 0 Å². The molecule has 2 heteroatoms. The van der Waals surface area contributed by atoms with Crippen molar-refractivity contribution < 1.29 is 13.7 Å². The van der Waals surface area contributed by atoms with Gasteiger partial charge in [-0.1, -0.05) is 42.3 Å². The Balaban J connectivity index is 2.17. The largest absolute Gasteiger partial charge is 0.339 e. The predicted octanol–water partition coefficient (Wildman–Crippen LogP) is 4.38. The molecule has 0 spiro atoms. The summed E-state index contributed by atoms with van der Waals surface area (Å²) in [4.78, 5) is 6.78. The first-order chi connectivity index (χ1) is 13.6. The van der Waals surface area contributed by atoms with Gasteiger partial charge in [-0.05, 0) is 29.3 Å². The maximum absolute atomic E-state index is 8.41. The maximum Gasteiger partial charge on any atom is 0.138 e. The van der Waals surface area contributed by atoms with Crippen LogP contribution >= 0.6 is 0 Å². The average Bonchev–Trinajstić information content (AvgIpc) is 3.05. The zero-order chi connectivity index (χ0) is 21.4. The number of aromatic amines is 1. The summed E-state index contributed by atoms with van der Waals surface area (Å²) >= 11 is 0. The van der Waals surface area contributed by atoms with Crippen molar-refractivity contribution in [2.45, 2.75) is 0 Å². The lowest BCUT2D eigenvalue weighted by Gasteiger charge is -2.01. The molecule has 0 aliphatic heterocycles. The highest BCUT2D eigenvalue weighted by Gasteiger charge is 2.05. The average molecular weight is 254 g/mol. The Kier molecular flexibility index (Phi) is 0.935. The number of aromatic nitrogens is 2. The molecule has 2 aromatic heterocycles. The molecule has 0 aliphatic rings. The van der Waals surface area contributed by atoms with Crippen LogP contribution in [0.4, 0.5) is 0 Å². The van der Waals surface area contributed by atoms with E-state index < -0.39 is 42.4 Å². The molecule has 90 valence electrons. The molecule has 0 saturated carbocycles. The number of pyridine rings is 1. The first-order valence-electron chi connectivity index (χ1n) is 10.5. The highest BCUT2D eigenvalue weighted by Crippen LogP contribution is 2.28. The molecule has 2 nitrogen and oxygen atoms in total. The third kappa shape index (κ3) is 1.61. The van der Waals surface area contributed by atoms with E-state index in [1.807, 2.05) is 0 Å². The van der Waals surface area contributed by atoms with E-state index in [4.69, 9.17) is 13.7 Å². The summed E-state index contributed by atoms with van der Waals surface area (Å²) in [6.07, 6.45) is -0.405. The topological polar surface area (TPSA) is 28.7 Å². The number of benzene rings is 2. The summed E-state index contributed by atoms with van der Waals surface area (Å²) in [6.45, 7) is 0. The molecule has 0 amide bonds. The molecule has 4 rings (SSSR count). The molecule has 0 bridgehead atoms. The molecule has 4 aromatic rings. The third-order valence-electron chi connectivity index (χ3n) is 2.80. The lowest BCUT2D eigenvalue weighted by molar-refractivity contribution is 1.35. The van der Waals surface area contributed by atoms with Crippen LogP contribution in [0, 0.1) is 0 Å². The van der Waals surface area contributed by atoms with Crippen molar-refractivity contribution in [2.24, 2.45) is 0 Å². The van der Waals surface area contributed by atoms with Crippen LogP contribution in [0.15, 0.2) is 66.6 Å². The van der Waals surface area contributed by atoms with Crippen LogP contribution in [-0.2, 0) is 0 Å². The highest BCUT2D eigenvalue weighted by atomic mass is 14.8. The van der Waals surface area contributed by atoms with Gasteiger partial charge in [0.1, 0.15) is 5.65 Å². The second-order valence-corrected chi connectivity index (χ2v) is 3.92. The molecule has 19 heavy (non-hydrogen) atoms. The number of nitrogens with one attached hydrogen (secondary N) is 1. The van der Waals surface area contributed by atoms with Gasteiger partial charge < -0.3 is 4.98 Å². The Bertz CT molecular complexity index is 1330. The molecule has 0 aliphatic carbocycles. The van der Waals surface area contributed by atoms with Crippen molar-refractivity contribution in [2.75, 3.05) is 0 Å². The van der Waals surface area contributed by atoms with Crippen LogP contribution in [0.1, 0.15) is 13.7 Å². The van der Waals surface area contributed by atoms with Crippen molar-refractivity contribution in [3.8, 4) is 11.1 Å². The first kappa shape index (κ1) is 4.49. The minimum Gasteiger partial charge on any atom is -0.339 e. The fraction of sp³-hybridized carbons (Fsp3) is 0. The van der Waals surface area contributed by atoms with Gasteiger partial charge in [-0.3, -0.25) is 0 Å². The third-order valence-corrected chi connectivity index (χ3v) is 2.80. The normalized spacial score (nSPS) is 18.5. The first-order valence-corrected chi connectivity index (χ1v) is 5.52. The monoisotopic (exact) mass is 254 g/mol. The van der Waals surface area contributed by atoms with Gasteiger partial charge in [0.15, 0.2) is 0 Å². The lowest BCUT2D eigenvalue weighted by atomic mass is 10.0. The zero-order valence-corrected chi connectivity index (χ0v) is 9.52. The number of rotatable bonds is 1. The second-order valence-electron chi connectivity index (χ2n) is 3.92. The minimum atomic E-state index is -0.554. The molecule has 0 saturated heterocycles. The van der Waals surface area contributed by atoms with E-state index in [1.54, 1.807) is 0 Å². The smallest absolute Gasteiger partial charge is 0.138 e. The fourth-order valence-electron chi connectivity index (χ4n) is 1.95. The summed E-state index contributed by atoms with van der Waals surface area (Å²) in [5, 5.41) is 0.291. The van der Waals surface area contributed by atoms with Crippen LogP contribution in [0.2, 0.25) is 0 Å². The van der Waals surface area contributed by atoms with Crippen molar-refractivity contribution in [3.05, 3.63) is 66.6 Å². The second kappa shape index (κ2) is 3.95. The molecule has 0 fully saturated rings.